The van der Waals surface area contributed by atoms with Gasteiger partial charge in [-0.2, -0.15) is 0 Å². The van der Waals surface area contributed by atoms with Gasteiger partial charge in [0.15, 0.2) is 11.7 Å². The van der Waals surface area contributed by atoms with Crippen LogP contribution < -0.4 is 10.3 Å². The Balaban J connectivity index is 0.00000181. The van der Waals surface area contributed by atoms with Crippen molar-refractivity contribution < 1.29 is 24.6 Å². The second-order valence-corrected chi connectivity index (χ2v) is 12.1. The summed E-state index contributed by atoms with van der Waals surface area (Å²) in [5.41, 5.74) is 10.8. The van der Waals surface area contributed by atoms with E-state index < -0.39 is 31.1 Å². The first-order valence-corrected chi connectivity index (χ1v) is 15.1. The number of nitrogens with two attached hydrogens (primary N) is 1. The van der Waals surface area contributed by atoms with Crippen molar-refractivity contribution in [1.29, 1.82) is 0 Å². The summed E-state index contributed by atoms with van der Waals surface area (Å²) in [5, 5.41) is 29.9. The van der Waals surface area contributed by atoms with Crippen LogP contribution in [-0.2, 0) is 11.3 Å². The summed E-state index contributed by atoms with van der Waals surface area (Å²) >= 11 is 0. The van der Waals surface area contributed by atoms with Crippen molar-refractivity contribution in [2.24, 2.45) is 23.2 Å². The van der Waals surface area contributed by atoms with Gasteiger partial charge < -0.3 is 25.8 Å². The fraction of sp³-hybridized carbons (Fsp3) is 0.710. The normalized spacial score (nSPS) is 34.3. The van der Waals surface area contributed by atoms with E-state index in [2.05, 4.69) is 49.8 Å². The summed E-state index contributed by atoms with van der Waals surface area (Å²) in [5.74, 6) is 2.61. The highest BCUT2D eigenvalue weighted by atomic mass is 16.6. The molecule has 40 heavy (non-hydrogen) atoms. The molecular weight excluding hydrogens is 506 g/mol. The van der Waals surface area contributed by atoms with Crippen LogP contribution in [0.4, 0.5) is 5.82 Å². The van der Waals surface area contributed by atoms with Crippen LogP contribution in [0.1, 0.15) is 86.3 Å². The van der Waals surface area contributed by atoms with Crippen LogP contribution in [0.5, 0.6) is 0 Å². The zero-order valence-electron chi connectivity index (χ0n) is 25.1. The number of fused-ring (bicyclic) bond motifs is 2. The summed E-state index contributed by atoms with van der Waals surface area (Å²) in [6.45, 7) is 13.8. The molecule has 2 aromatic rings. The maximum Gasteiger partial charge on any atom is 0.251 e. The van der Waals surface area contributed by atoms with E-state index in [0.717, 1.165) is 12.3 Å². The monoisotopic (exact) mass is 556 g/mol. The number of imidazole rings is 1. The van der Waals surface area contributed by atoms with Crippen molar-refractivity contribution >= 4 is 17.0 Å². The molecular formula is C31H50N5O4+. The summed E-state index contributed by atoms with van der Waals surface area (Å²) in [6, 6.07) is 0. The Hall–Kier alpha value is -2.33. The number of anilines is 1. The van der Waals surface area contributed by atoms with Gasteiger partial charge >= 0.3 is 0 Å². The molecule has 1 saturated heterocycles. The van der Waals surface area contributed by atoms with Crippen molar-refractivity contribution in [3.63, 3.8) is 0 Å². The molecule has 2 aliphatic carbocycles. The topological polar surface area (TPSA) is 131 Å². The molecule has 1 aliphatic heterocycles. The average molecular weight is 557 g/mol. The van der Waals surface area contributed by atoms with Gasteiger partial charge in [-0.05, 0) is 62.2 Å². The van der Waals surface area contributed by atoms with Gasteiger partial charge in [-0.3, -0.25) is 4.57 Å². The zero-order chi connectivity index (χ0) is 29.2. The van der Waals surface area contributed by atoms with E-state index in [1.165, 1.54) is 44.0 Å². The molecule has 5 N–H and O–H groups in total. The molecule has 1 saturated carbocycles. The van der Waals surface area contributed by atoms with E-state index in [0.29, 0.717) is 40.8 Å². The van der Waals surface area contributed by atoms with E-state index in [-0.39, 0.29) is 0 Å². The molecule has 0 spiro atoms. The first-order valence-electron chi connectivity index (χ1n) is 15.1. The summed E-state index contributed by atoms with van der Waals surface area (Å²) < 4.78 is 9.07. The van der Waals surface area contributed by atoms with Crippen molar-refractivity contribution in [2.75, 3.05) is 12.3 Å². The smallest absolute Gasteiger partial charge is 0.251 e. The predicted molar refractivity (Wildman–Crippen MR) is 156 cm³/mol. The minimum atomic E-state index is -1.21. The Morgan fingerprint density at radius 1 is 1.23 bits per heavy atom. The third-order valence-corrected chi connectivity index (χ3v) is 9.86. The number of nitrogen functional groups attached to an aromatic ring is 1. The van der Waals surface area contributed by atoms with Gasteiger partial charge in [-0.1, -0.05) is 69.3 Å². The summed E-state index contributed by atoms with van der Waals surface area (Å²) in [4.78, 5) is 8.95. The third-order valence-electron chi connectivity index (χ3n) is 9.86. The standard InChI is InChI=1S/C29H43N5O4.C2H6/c1-17(10-12-29(4)19(3)8-9-20-18(2)6-5-7-21(20)29)11-13-33-15-32-27-23(26(33)30)31-16-34(27)28-25(37)24(36)22(14-35)38-28;1-2/h9,11,15-16,18-19,21-22,24-25,28,30,35-37H,5-8,10,12-14H2,1-4H3;1-2H3/p+1/b17-11+;/t18-,19-,21?,22?,24?,25?,28?,29+;/m1./s1. The molecule has 5 unspecified atom stereocenters. The molecule has 222 valence electrons. The Kier molecular flexibility index (Phi) is 9.70. The number of allylic oxidation sites excluding steroid dienone is 4. The Labute approximate surface area is 238 Å². The van der Waals surface area contributed by atoms with Gasteiger partial charge in [0, 0.05) is 0 Å². The Morgan fingerprint density at radius 3 is 2.67 bits per heavy atom. The molecule has 3 aliphatic rings. The average Bonchev–Trinajstić information content (AvgIpc) is 3.51. The fourth-order valence-electron chi connectivity index (χ4n) is 6.96. The highest BCUT2D eigenvalue weighted by Gasteiger charge is 2.45. The third kappa shape index (κ3) is 5.58. The second kappa shape index (κ2) is 12.7. The first kappa shape index (κ1) is 30.6. The lowest BCUT2D eigenvalue weighted by Crippen LogP contribution is -2.41. The van der Waals surface area contributed by atoms with E-state index in [1.807, 2.05) is 18.4 Å². The summed E-state index contributed by atoms with van der Waals surface area (Å²) in [6.07, 6.45) is 11.2. The lowest BCUT2D eigenvalue weighted by atomic mass is 9.55. The first-order chi connectivity index (χ1) is 19.2. The highest BCUT2D eigenvalue weighted by molar-refractivity contribution is 5.79. The van der Waals surface area contributed by atoms with Gasteiger partial charge in [0.25, 0.3) is 5.82 Å². The number of aromatic nitrogens is 4. The number of aliphatic hydroxyl groups excluding tert-OH is 3. The van der Waals surface area contributed by atoms with Crippen LogP contribution in [0.3, 0.4) is 0 Å². The predicted octanol–water partition coefficient (Wildman–Crippen LogP) is 4.07. The van der Waals surface area contributed by atoms with Crippen molar-refractivity contribution in [3.8, 4) is 0 Å². The molecule has 0 amide bonds. The van der Waals surface area contributed by atoms with Crippen molar-refractivity contribution in [3.05, 3.63) is 36.0 Å². The number of rotatable bonds is 7. The zero-order valence-corrected chi connectivity index (χ0v) is 25.1. The number of aliphatic hydroxyl groups is 3. The second-order valence-electron chi connectivity index (χ2n) is 12.1. The van der Waals surface area contributed by atoms with Crippen LogP contribution >= 0.6 is 0 Å². The van der Waals surface area contributed by atoms with E-state index in [1.54, 1.807) is 16.5 Å². The molecule has 2 fully saturated rings. The molecule has 0 aromatic carbocycles. The SMILES string of the molecule is C/C(=C\C[n+]1cnc2c(ncn2C2OC(CO)C(O)C2O)c1N)CC[C@]1(C)C2CCC[C@@H](C)C2=CC[C@H]1C.CC. The Morgan fingerprint density at radius 2 is 1.98 bits per heavy atom. The van der Waals surface area contributed by atoms with Gasteiger partial charge in [-0.15, -0.1) is 0 Å². The minimum Gasteiger partial charge on any atom is -0.394 e. The molecule has 0 bridgehead atoms. The maximum atomic E-state index is 10.4. The molecule has 3 heterocycles. The van der Waals surface area contributed by atoms with Crippen LogP contribution in [0.25, 0.3) is 11.2 Å². The van der Waals surface area contributed by atoms with E-state index in [9.17, 15) is 15.3 Å². The fourth-order valence-corrected chi connectivity index (χ4v) is 6.96. The van der Waals surface area contributed by atoms with Crippen LogP contribution in [0, 0.1) is 23.2 Å². The van der Waals surface area contributed by atoms with Gasteiger partial charge in [0.1, 0.15) is 24.6 Å². The number of ether oxygens (including phenoxy) is 1. The number of hydrogen-bond acceptors (Lipinski definition) is 7. The number of hydrogen-bond donors (Lipinski definition) is 4. The lowest BCUT2D eigenvalue weighted by molar-refractivity contribution is -0.674. The van der Waals surface area contributed by atoms with Gasteiger partial charge in [0.05, 0.1) is 13.2 Å². The molecule has 9 nitrogen and oxygen atoms in total. The van der Waals surface area contributed by atoms with Crippen LogP contribution in [0.15, 0.2) is 36.0 Å². The van der Waals surface area contributed by atoms with Crippen LogP contribution in [0.2, 0.25) is 0 Å². The van der Waals surface area contributed by atoms with E-state index >= 15 is 0 Å². The lowest BCUT2D eigenvalue weighted by Gasteiger charge is -2.50. The van der Waals surface area contributed by atoms with Gasteiger partial charge in [-0.25, -0.2) is 9.55 Å². The van der Waals surface area contributed by atoms with Crippen molar-refractivity contribution in [2.45, 2.75) is 111 Å². The van der Waals surface area contributed by atoms with Gasteiger partial charge in [0.2, 0.25) is 12.0 Å². The molecule has 9 heteroatoms. The molecule has 0 radical (unpaired) electrons. The molecule has 2 aromatic heterocycles. The molecule has 5 rings (SSSR count). The largest absolute Gasteiger partial charge is 0.394 e. The highest BCUT2D eigenvalue weighted by Crippen LogP contribution is 2.54. The molecule has 8 atom stereocenters. The number of nitrogens with zero attached hydrogens (tertiary/aromatic N) is 4. The van der Waals surface area contributed by atoms with Crippen LogP contribution in [-0.4, -0.2) is 54.8 Å². The minimum absolute atomic E-state index is 0.336. The maximum absolute atomic E-state index is 10.4. The van der Waals surface area contributed by atoms with E-state index in [4.69, 9.17) is 10.5 Å². The Bertz CT molecular complexity index is 1230. The van der Waals surface area contributed by atoms with Crippen molar-refractivity contribution in [1.82, 2.24) is 14.5 Å². The summed E-state index contributed by atoms with van der Waals surface area (Å²) in [7, 11) is 0. The quantitative estimate of drug-likeness (QED) is 0.299.